The molecule has 0 radical (unpaired) electrons. The first-order valence-corrected chi connectivity index (χ1v) is 14.6. The van der Waals surface area contributed by atoms with Gasteiger partial charge in [0.15, 0.2) is 17.4 Å². The molecular weight excluding hydrogens is 624 g/mol. The van der Waals surface area contributed by atoms with Crippen LogP contribution >= 0.6 is 0 Å². The van der Waals surface area contributed by atoms with Crippen molar-refractivity contribution >= 4 is 23.0 Å². The predicted octanol–water partition coefficient (Wildman–Crippen LogP) is -3.50. The molecule has 0 aromatic carbocycles. The molecule has 3 N–H and O–H groups in total. The summed E-state index contributed by atoms with van der Waals surface area (Å²) in [4.78, 5) is 79.2. The second-order valence-electron chi connectivity index (χ2n) is 11.1. The van der Waals surface area contributed by atoms with E-state index in [1.54, 1.807) is 6.92 Å². The SMILES string of the molecule is CCn1c(=O)ccn(C2OC(Cn3cc(COC(=O)C(C)NC(=O)C(C)n4cnc5c4c(=O)n(C)c(=O)n5C)nn3)C(O)C2O)c1=O. The first kappa shape index (κ1) is 33.2. The third-order valence-electron chi connectivity index (χ3n) is 8.02. The minimum absolute atomic E-state index is 0.0487. The summed E-state index contributed by atoms with van der Waals surface area (Å²) < 4.78 is 17.7. The lowest BCUT2D eigenvalue weighted by atomic mass is 10.1. The number of imidazole rings is 1. The molecule has 4 aromatic rings. The summed E-state index contributed by atoms with van der Waals surface area (Å²) in [6, 6.07) is -0.897. The van der Waals surface area contributed by atoms with Crippen LogP contribution in [0.15, 0.2) is 44.0 Å². The van der Waals surface area contributed by atoms with Gasteiger partial charge in [-0.1, -0.05) is 5.21 Å². The van der Waals surface area contributed by atoms with Gasteiger partial charge in [-0.2, -0.15) is 0 Å². The molecule has 0 aliphatic carbocycles. The van der Waals surface area contributed by atoms with Crippen molar-refractivity contribution in [2.24, 2.45) is 14.1 Å². The molecule has 6 atom stereocenters. The number of aliphatic hydroxyl groups excluding tert-OH is 2. The van der Waals surface area contributed by atoms with E-state index in [9.17, 15) is 39.0 Å². The van der Waals surface area contributed by atoms with Crippen molar-refractivity contribution in [3.8, 4) is 0 Å². The maximum absolute atomic E-state index is 13.0. The van der Waals surface area contributed by atoms with Crippen molar-refractivity contribution in [3.05, 3.63) is 72.2 Å². The van der Waals surface area contributed by atoms with E-state index in [0.29, 0.717) is 0 Å². The molecule has 20 nitrogen and oxygen atoms in total. The molecule has 5 rings (SSSR count). The normalized spacial score (nSPS) is 20.7. The number of aryl methyl sites for hydroxylation is 1. The van der Waals surface area contributed by atoms with Crippen molar-refractivity contribution in [1.82, 2.24) is 48.1 Å². The van der Waals surface area contributed by atoms with Crippen molar-refractivity contribution in [1.29, 1.82) is 0 Å². The summed E-state index contributed by atoms with van der Waals surface area (Å²) in [5, 5.41) is 31.5. The highest BCUT2D eigenvalue weighted by atomic mass is 16.6. The minimum Gasteiger partial charge on any atom is -0.458 e. The molecule has 5 heterocycles. The third kappa shape index (κ3) is 6.04. The van der Waals surface area contributed by atoms with Crippen molar-refractivity contribution in [2.45, 2.75) is 77.1 Å². The Balaban J connectivity index is 1.17. The molecule has 252 valence electrons. The van der Waals surface area contributed by atoms with E-state index >= 15 is 0 Å². The molecule has 1 amide bonds. The summed E-state index contributed by atoms with van der Waals surface area (Å²) >= 11 is 0. The van der Waals surface area contributed by atoms with Gasteiger partial charge in [-0.3, -0.25) is 32.7 Å². The van der Waals surface area contributed by atoms with Gasteiger partial charge in [0, 0.05) is 32.9 Å². The van der Waals surface area contributed by atoms with Crippen LogP contribution in [-0.2, 0) is 52.9 Å². The van der Waals surface area contributed by atoms with Crippen LogP contribution in [-0.4, -0.2) is 89.3 Å². The highest BCUT2D eigenvalue weighted by molar-refractivity contribution is 5.87. The lowest BCUT2D eigenvalue weighted by Crippen LogP contribution is -2.43. The smallest absolute Gasteiger partial charge is 0.333 e. The standard InChI is InChI=1S/C27H34N10O10/c1-6-35-17(38)7-8-36(27(35)45)24-20(40)19(39)16(47-24)10-34-9-15(30-31-34)11-46-25(43)13(2)29-22(41)14(3)37-12-28-21-18(37)23(42)33(5)26(44)32(21)4/h7-9,12-14,16,19-20,24,39-40H,6,10-11H2,1-5H3,(H,29,41). The van der Waals surface area contributed by atoms with Gasteiger partial charge in [0.2, 0.25) is 5.91 Å². The van der Waals surface area contributed by atoms with Crippen LogP contribution < -0.4 is 27.8 Å². The molecule has 1 aliphatic rings. The Hall–Kier alpha value is -5.21. The molecule has 20 heteroatoms. The second kappa shape index (κ2) is 12.9. The van der Waals surface area contributed by atoms with Crippen LogP contribution in [0.4, 0.5) is 0 Å². The summed E-state index contributed by atoms with van der Waals surface area (Å²) in [7, 11) is 2.77. The first-order chi connectivity index (χ1) is 22.2. The number of rotatable bonds is 10. The number of aromatic nitrogens is 9. The van der Waals surface area contributed by atoms with E-state index in [-0.39, 0.29) is 36.6 Å². The topological polar surface area (TPSA) is 242 Å². The van der Waals surface area contributed by atoms with Crippen LogP contribution in [0.3, 0.4) is 0 Å². The molecule has 1 aliphatic heterocycles. The largest absolute Gasteiger partial charge is 0.458 e. The van der Waals surface area contributed by atoms with E-state index < -0.39 is 71.0 Å². The average molecular weight is 659 g/mol. The number of nitrogens with one attached hydrogen (secondary N) is 1. The lowest BCUT2D eigenvalue weighted by Gasteiger charge is -2.18. The summed E-state index contributed by atoms with van der Waals surface area (Å²) in [6.07, 6.45) is -1.25. The predicted molar refractivity (Wildman–Crippen MR) is 159 cm³/mol. The van der Waals surface area contributed by atoms with Crippen molar-refractivity contribution in [2.75, 3.05) is 0 Å². The molecule has 0 spiro atoms. The molecule has 47 heavy (non-hydrogen) atoms. The number of hydrogen-bond acceptors (Lipinski definition) is 13. The quantitative estimate of drug-likeness (QED) is 0.140. The van der Waals surface area contributed by atoms with E-state index in [1.807, 2.05) is 0 Å². The Kier molecular flexibility index (Phi) is 9.09. The van der Waals surface area contributed by atoms with Gasteiger partial charge in [-0.05, 0) is 20.8 Å². The fourth-order valence-electron chi connectivity index (χ4n) is 5.25. The van der Waals surface area contributed by atoms with Gasteiger partial charge in [0.25, 0.3) is 11.1 Å². The van der Waals surface area contributed by atoms with Gasteiger partial charge in [0.05, 0.1) is 19.1 Å². The summed E-state index contributed by atoms with van der Waals surface area (Å²) in [5.41, 5.74) is -2.01. The van der Waals surface area contributed by atoms with Crippen LogP contribution in [0.2, 0.25) is 0 Å². The number of fused-ring (bicyclic) bond motifs is 1. The fraction of sp³-hybridized carbons (Fsp3) is 0.519. The number of carbonyl (C=O) groups is 2. The zero-order chi connectivity index (χ0) is 34.3. The summed E-state index contributed by atoms with van der Waals surface area (Å²) in [6.45, 7) is 4.26. The lowest BCUT2D eigenvalue weighted by molar-refractivity contribution is -0.149. The fourth-order valence-corrected chi connectivity index (χ4v) is 5.25. The first-order valence-electron chi connectivity index (χ1n) is 14.6. The van der Waals surface area contributed by atoms with Crippen LogP contribution in [0, 0.1) is 0 Å². The molecule has 6 unspecified atom stereocenters. The highest BCUT2D eigenvalue weighted by Crippen LogP contribution is 2.29. The van der Waals surface area contributed by atoms with Crippen LogP contribution in [0.25, 0.3) is 11.2 Å². The van der Waals surface area contributed by atoms with Gasteiger partial charge >= 0.3 is 17.3 Å². The number of esters is 1. The van der Waals surface area contributed by atoms with Crippen LogP contribution in [0.1, 0.15) is 38.7 Å². The molecule has 1 saturated heterocycles. The zero-order valence-electron chi connectivity index (χ0n) is 26.1. The van der Waals surface area contributed by atoms with Gasteiger partial charge in [0.1, 0.15) is 42.7 Å². The van der Waals surface area contributed by atoms with E-state index in [4.69, 9.17) is 9.47 Å². The monoisotopic (exact) mass is 658 g/mol. The number of ether oxygens (including phenoxy) is 2. The van der Waals surface area contributed by atoms with Gasteiger partial charge in [-0.25, -0.2) is 24.0 Å². The number of carbonyl (C=O) groups excluding carboxylic acids is 2. The van der Waals surface area contributed by atoms with Crippen molar-refractivity contribution in [3.63, 3.8) is 0 Å². The highest BCUT2D eigenvalue weighted by Gasteiger charge is 2.44. The van der Waals surface area contributed by atoms with Crippen molar-refractivity contribution < 1.29 is 29.3 Å². The van der Waals surface area contributed by atoms with Gasteiger partial charge in [-0.15, -0.1) is 5.10 Å². The zero-order valence-corrected chi connectivity index (χ0v) is 26.1. The van der Waals surface area contributed by atoms with E-state index in [0.717, 1.165) is 19.8 Å². The Bertz CT molecular complexity index is 2070. The number of nitrogens with zero attached hydrogens (tertiary/aromatic N) is 9. The molecule has 0 bridgehead atoms. The Labute approximate surface area is 264 Å². The Morgan fingerprint density at radius 3 is 2.51 bits per heavy atom. The van der Waals surface area contributed by atoms with Gasteiger partial charge < -0.3 is 29.6 Å². The average Bonchev–Trinajstić information content (AvgIpc) is 3.76. The summed E-state index contributed by atoms with van der Waals surface area (Å²) in [5.74, 6) is -1.39. The minimum atomic E-state index is -1.48. The second-order valence-corrected chi connectivity index (χ2v) is 11.1. The number of aliphatic hydroxyl groups is 2. The third-order valence-corrected chi connectivity index (χ3v) is 8.02. The number of amides is 1. The molecule has 1 fully saturated rings. The number of hydrogen-bond donors (Lipinski definition) is 3. The Morgan fingerprint density at radius 1 is 1.09 bits per heavy atom. The maximum atomic E-state index is 13.0. The van der Waals surface area contributed by atoms with Crippen LogP contribution in [0.5, 0.6) is 0 Å². The molecule has 4 aromatic heterocycles. The molecular formula is C27H34N10O10. The molecule has 0 saturated carbocycles. The van der Waals surface area contributed by atoms with E-state index in [1.165, 1.54) is 60.5 Å². The van der Waals surface area contributed by atoms with E-state index in [2.05, 4.69) is 20.6 Å². The Morgan fingerprint density at radius 2 is 1.81 bits per heavy atom. The maximum Gasteiger partial charge on any atom is 0.333 e.